The van der Waals surface area contributed by atoms with E-state index in [1.165, 1.54) is 7.11 Å². The Hall–Kier alpha value is -2.73. The lowest BCUT2D eigenvalue weighted by Crippen LogP contribution is -2.37. The minimum absolute atomic E-state index is 0.133. The molecule has 0 aliphatic carbocycles. The van der Waals surface area contributed by atoms with Gasteiger partial charge >= 0.3 is 0 Å². The SMILES string of the molecule is COc1ccc2c(c1)O[C@H](c1ccc(OC)c(OC)c1)[C@@H](OC)C2=O. The minimum Gasteiger partial charge on any atom is -0.497 e. The molecule has 0 radical (unpaired) electrons. The molecule has 1 aliphatic heterocycles. The summed E-state index contributed by atoms with van der Waals surface area (Å²) in [4.78, 5) is 12.8. The first-order chi connectivity index (χ1) is 12.1. The lowest BCUT2D eigenvalue weighted by molar-refractivity contribution is -0.000762. The van der Waals surface area contributed by atoms with Crippen molar-refractivity contribution < 1.29 is 28.5 Å². The fourth-order valence-electron chi connectivity index (χ4n) is 2.92. The third kappa shape index (κ3) is 3.00. The highest BCUT2D eigenvalue weighted by Crippen LogP contribution is 2.40. The van der Waals surface area contributed by atoms with Crippen LogP contribution in [0.1, 0.15) is 22.0 Å². The monoisotopic (exact) mass is 344 g/mol. The fourth-order valence-corrected chi connectivity index (χ4v) is 2.92. The van der Waals surface area contributed by atoms with Crippen molar-refractivity contribution in [3.05, 3.63) is 47.5 Å². The highest BCUT2D eigenvalue weighted by atomic mass is 16.5. The van der Waals surface area contributed by atoms with Gasteiger partial charge in [-0.15, -0.1) is 0 Å². The molecule has 0 unspecified atom stereocenters. The Balaban J connectivity index is 2.04. The molecule has 0 saturated heterocycles. The number of fused-ring (bicyclic) bond motifs is 1. The van der Waals surface area contributed by atoms with Crippen molar-refractivity contribution in [3.63, 3.8) is 0 Å². The number of rotatable bonds is 5. The van der Waals surface area contributed by atoms with Crippen molar-refractivity contribution in [2.45, 2.75) is 12.2 Å². The molecular formula is C19H20O6. The van der Waals surface area contributed by atoms with Crippen molar-refractivity contribution in [2.75, 3.05) is 28.4 Å². The first-order valence-corrected chi connectivity index (χ1v) is 7.76. The van der Waals surface area contributed by atoms with Gasteiger partial charge in [-0.05, 0) is 29.8 Å². The lowest BCUT2D eigenvalue weighted by atomic mass is 9.93. The number of hydrogen-bond acceptors (Lipinski definition) is 6. The van der Waals surface area contributed by atoms with Gasteiger partial charge in [0.2, 0.25) is 0 Å². The molecule has 1 aliphatic rings. The van der Waals surface area contributed by atoms with Crippen LogP contribution in [-0.2, 0) is 4.74 Å². The van der Waals surface area contributed by atoms with Gasteiger partial charge in [-0.3, -0.25) is 4.79 Å². The molecule has 132 valence electrons. The van der Waals surface area contributed by atoms with Crippen molar-refractivity contribution in [1.82, 2.24) is 0 Å². The molecule has 2 atom stereocenters. The van der Waals surface area contributed by atoms with Crippen LogP contribution in [0.4, 0.5) is 0 Å². The summed E-state index contributed by atoms with van der Waals surface area (Å²) >= 11 is 0. The summed E-state index contributed by atoms with van der Waals surface area (Å²) in [6, 6.07) is 10.5. The third-order valence-electron chi connectivity index (χ3n) is 4.23. The Kier molecular flexibility index (Phi) is 4.81. The average molecular weight is 344 g/mol. The molecule has 2 aromatic carbocycles. The average Bonchev–Trinajstić information content (AvgIpc) is 2.66. The van der Waals surface area contributed by atoms with Gasteiger partial charge in [-0.2, -0.15) is 0 Å². The first-order valence-electron chi connectivity index (χ1n) is 7.76. The van der Waals surface area contributed by atoms with E-state index in [0.717, 1.165) is 5.56 Å². The van der Waals surface area contributed by atoms with Gasteiger partial charge in [0.05, 0.1) is 26.9 Å². The van der Waals surface area contributed by atoms with Gasteiger partial charge < -0.3 is 23.7 Å². The maximum Gasteiger partial charge on any atom is 0.199 e. The van der Waals surface area contributed by atoms with E-state index in [9.17, 15) is 4.79 Å². The summed E-state index contributed by atoms with van der Waals surface area (Å²) in [5.74, 6) is 2.11. The number of methoxy groups -OCH3 is 4. The molecular weight excluding hydrogens is 324 g/mol. The van der Waals surface area contributed by atoms with E-state index in [-0.39, 0.29) is 5.78 Å². The summed E-state index contributed by atoms with van der Waals surface area (Å²) in [6.07, 6.45) is -1.35. The van der Waals surface area contributed by atoms with E-state index in [1.54, 1.807) is 51.7 Å². The second-order valence-corrected chi connectivity index (χ2v) is 5.54. The van der Waals surface area contributed by atoms with Crippen LogP contribution in [0.15, 0.2) is 36.4 Å². The number of hydrogen-bond donors (Lipinski definition) is 0. The molecule has 25 heavy (non-hydrogen) atoms. The Morgan fingerprint density at radius 1 is 0.880 bits per heavy atom. The summed E-state index contributed by atoms with van der Waals surface area (Å²) in [6.45, 7) is 0. The van der Waals surface area contributed by atoms with E-state index in [2.05, 4.69) is 0 Å². The predicted molar refractivity (Wildman–Crippen MR) is 91.0 cm³/mol. The maximum absolute atomic E-state index is 12.8. The summed E-state index contributed by atoms with van der Waals surface area (Å²) in [5.41, 5.74) is 1.23. The highest BCUT2D eigenvalue weighted by molar-refractivity contribution is 6.03. The topological polar surface area (TPSA) is 63.2 Å². The van der Waals surface area contributed by atoms with Gasteiger partial charge in [0.15, 0.2) is 29.5 Å². The van der Waals surface area contributed by atoms with Crippen molar-refractivity contribution in [1.29, 1.82) is 0 Å². The van der Waals surface area contributed by atoms with E-state index >= 15 is 0 Å². The predicted octanol–water partition coefficient (Wildman–Crippen LogP) is 3.04. The number of ether oxygens (including phenoxy) is 5. The molecule has 0 bridgehead atoms. The van der Waals surface area contributed by atoms with Gasteiger partial charge in [-0.1, -0.05) is 6.07 Å². The molecule has 0 fully saturated rings. The molecule has 0 amide bonds. The molecule has 0 aromatic heterocycles. The Morgan fingerprint density at radius 3 is 2.28 bits per heavy atom. The fraction of sp³-hybridized carbons (Fsp3) is 0.316. The molecule has 1 heterocycles. The van der Waals surface area contributed by atoms with E-state index < -0.39 is 12.2 Å². The molecule has 6 heteroatoms. The zero-order valence-electron chi connectivity index (χ0n) is 14.6. The molecule has 0 spiro atoms. The van der Waals surface area contributed by atoms with Crippen LogP contribution in [0.5, 0.6) is 23.0 Å². The van der Waals surface area contributed by atoms with E-state index in [1.807, 2.05) is 6.07 Å². The van der Waals surface area contributed by atoms with Crippen molar-refractivity contribution in [2.24, 2.45) is 0 Å². The zero-order valence-corrected chi connectivity index (χ0v) is 14.6. The number of benzene rings is 2. The zero-order chi connectivity index (χ0) is 18.0. The van der Waals surface area contributed by atoms with Crippen LogP contribution >= 0.6 is 0 Å². The second kappa shape index (κ2) is 7.03. The van der Waals surface area contributed by atoms with Crippen molar-refractivity contribution in [3.8, 4) is 23.0 Å². The molecule has 0 N–H and O–H groups in total. The molecule has 0 saturated carbocycles. The van der Waals surface area contributed by atoms with Gasteiger partial charge in [0, 0.05) is 13.2 Å². The Labute approximate surface area is 146 Å². The molecule has 6 nitrogen and oxygen atoms in total. The van der Waals surface area contributed by atoms with Crippen LogP contribution in [-0.4, -0.2) is 40.3 Å². The Morgan fingerprint density at radius 2 is 1.64 bits per heavy atom. The van der Waals surface area contributed by atoms with Gasteiger partial charge in [0.1, 0.15) is 11.5 Å². The Bertz CT molecular complexity index is 785. The van der Waals surface area contributed by atoms with Crippen LogP contribution in [0, 0.1) is 0 Å². The standard InChI is InChI=1S/C19H20O6/c1-21-12-6-7-13-15(10-12)25-18(19(24-4)17(13)20)11-5-8-14(22-2)16(9-11)23-3/h5-10,18-19H,1-4H3/t18-,19+/m1/s1. The number of Topliss-reactive ketones (excluding diaryl/α,β-unsaturated/α-hetero) is 1. The molecule has 2 aromatic rings. The number of carbonyl (C=O) groups is 1. The lowest BCUT2D eigenvalue weighted by Gasteiger charge is -2.32. The summed E-state index contributed by atoms with van der Waals surface area (Å²) in [5, 5.41) is 0. The van der Waals surface area contributed by atoms with Crippen LogP contribution in [0.3, 0.4) is 0 Å². The largest absolute Gasteiger partial charge is 0.497 e. The van der Waals surface area contributed by atoms with Crippen LogP contribution < -0.4 is 18.9 Å². The minimum atomic E-state index is -0.751. The van der Waals surface area contributed by atoms with Gasteiger partial charge in [0.25, 0.3) is 0 Å². The van der Waals surface area contributed by atoms with Crippen molar-refractivity contribution >= 4 is 5.78 Å². The normalized spacial score (nSPS) is 19.0. The number of ketones is 1. The first kappa shape index (κ1) is 17.1. The maximum atomic E-state index is 12.8. The summed E-state index contributed by atoms with van der Waals surface area (Å²) < 4.78 is 27.3. The van der Waals surface area contributed by atoms with Crippen LogP contribution in [0.25, 0.3) is 0 Å². The molecule has 3 rings (SSSR count). The smallest absolute Gasteiger partial charge is 0.199 e. The number of carbonyl (C=O) groups excluding carboxylic acids is 1. The van der Waals surface area contributed by atoms with Crippen LogP contribution in [0.2, 0.25) is 0 Å². The highest BCUT2D eigenvalue weighted by Gasteiger charge is 2.39. The van der Waals surface area contributed by atoms with Gasteiger partial charge in [-0.25, -0.2) is 0 Å². The third-order valence-corrected chi connectivity index (χ3v) is 4.23. The van der Waals surface area contributed by atoms with E-state index in [0.29, 0.717) is 28.6 Å². The van der Waals surface area contributed by atoms with E-state index in [4.69, 9.17) is 23.7 Å². The second-order valence-electron chi connectivity index (χ2n) is 5.54. The summed E-state index contributed by atoms with van der Waals surface area (Å²) in [7, 11) is 6.19. The quantitative estimate of drug-likeness (QED) is 0.831.